The number of benzene rings is 4. The zero-order valence-electron chi connectivity index (χ0n) is 11.4. The van der Waals surface area contributed by atoms with Crippen LogP contribution in [0.4, 0.5) is 0 Å². The summed E-state index contributed by atoms with van der Waals surface area (Å²) in [4.78, 5) is 0. The lowest BCUT2D eigenvalue weighted by atomic mass is 9.96. The Kier molecular flexibility index (Phi) is 3.01. The number of fused-ring (bicyclic) bond motifs is 2. The van der Waals surface area contributed by atoms with Gasteiger partial charge < -0.3 is 0 Å². The van der Waals surface area contributed by atoms with Crippen molar-refractivity contribution in [2.75, 3.05) is 0 Å². The van der Waals surface area contributed by atoms with E-state index in [0.717, 1.165) is 4.47 Å². The van der Waals surface area contributed by atoms with Crippen molar-refractivity contribution in [2.45, 2.75) is 0 Å². The topological polar surface area (TPSA) is 0 Å². The van der Waals surface area contributed by atoms with Crippen molar-refractivity contribution in [3.63, 3.8) is 0 Å². The molecule has 0 unspecified atom stereocenters. The Balaban J connectivity index is 2.02. The van der Waals surface area contributed by atoms with Gasteiger partial charge in [-0.15, -0.1) is 0 Å². The second kappa shape index (κ2) is 5.01. The Morgan fingerprint density at radius 3 is 2.24 bits per heavy atom. The van der Waals surface area contributed by atoms with Gasteiger partial charge in [-0.2, -0.15) is 0 Å². The SMILES string of the molecule is Brc1cccc2c(-c3ccc4ccccc4c3)cccc12. The number of halogens is 1. The van der Waals surface area contributed by atoms with Crippen molar-refractivity contribution in [1.82, 2.24) is 0 Å². The molecule has 0 nitrogen and oxygen atoms in total. The molecule has 0 amide bonds. The van der Waals surface area contributed by atoms with E-state index < -0.39 is 0 Å². The minimum absolute atomic E-state index is 1.14. The molecule has 0 bridgehead atoms. The molecule has 0 aliphatic rings. The monoisotopic (exact) mass is 332 g/mol. The Morgan fingerprint density at radius 1 is 0.571 bits per heavy atom. The highest BCUT2D eigenvalue weighted by atomic mass is 79.9. The maximum absolute atomic E-state index is 3.64. The summed E-state index contributed by atoms with van der Waals surface area (Å²) in [6.07, 6.45) is 0. The summed E-state index contributed by atoms with van der Waals surface area (Å²) in [7, 11) is 0. The maximum atomic E-state index is 3.64. The Labute approximate surface area is 132 Å². The Bertz CT molecular complexity index is 954. The molecule has 0 aromatic heterocycles. The summed E-state index contributed by atoms with van der Waals surface area (Å²) in [5.41, 5.74) is 2.54. The van der Waals surface area contributed by atoms with Crippen LogP contribution in [0.25, 0.3) is 32.7 Å². The van der Waals surface area contributed by atoms with Gasteiger partial charge >= 0.3 is 0 Å². The zero-order chi connectivity index (χ0) is 14.2. The normalized spacial score (nSPS) is 11.1. The molecule has 0 saturated heterocycles. The van der Waals surface area contributed by atoms with Crippen molar-refractivity contribution in [3.8, 4) is 11.1 Å². The lowest BCUT2D eigenvalue weighted by Gasteiger charge is -2.09. The predicted octanol–water partition coefficient (Wildman–Crippen LogP) is 6.42. The highest BCUT2D eigenvalue weighted by Gasteiger charge is 2.06. The van der Waals surface area contributed by atoms with Crippen molar-refractivity contribution in [2.24, 2.45) is 0 Å². The molecule has 21 heavy (non-hydrogen) atoms. The molecule has 0 saturated carbocycles. The van der Waals surface area contributed by atoms with Gasteiger partial charge in [0.1, 0.15) is 0 Å². The summed E-state index contributed by atoms with van der Waals surface area (Å²) in [6, 6.07) is 28.0. The second-order valence-electron chi connectivity index (χ2n) is 5.20. The van der Waals surface area contributed by atoms with Crippen molar-refractivity contribution in [3.05, 3.63) is 83.3 Å². The molecular weight excluding hydrogens is 320 g/mol. The Morgan fingerprint density at radius 2 is 1.33 bits per heavy atom. The molecular formula is C20H13Br. The molecule has 100 valence electrons. The lowest BCUT2D eigenvalue weighted by Crippen LogP contribution is -1.83. The number of rotatable bonds is 1. The zero-order valence-corrected chi connectivity index (χ0v) is 13.0. The van der Waals surface area contributed by atoms with Crippen LogP contribution in [0, 0.1) is 0 Å². The fraction of sp³-hybridized carbons (Fsp3) is 0. The molecule has 4 rings (SSSR count). The molecule has 4 aromatic rings. The highest BCUT2D eigenvalue weighted by Crippen LogP contribution is 2.33. The van der Waals surface area contributed by atoms with Gasteiger partial charge in [0.2, 0.25) is 0 Å². The van der Waals surface area contributed by atoms with E-state index >= 15 is 0 Å². The molecule has 0 radical (unpaired) electrons. The van der Waals surface area contributed by atoms with E-state index in [4.69, 9.17) is 0 Å². The van der Waals surface area contributed by atoms with Crippen LogP contribution >= 0.6 is 15.9 Å². The van der Waals surface area contributed by atoms with Crippen LogP contribution in [0.3, 0.4) is 0 Å². The second-order valence-corrected chi connectivity index (χ2v) is 6.06. The van der Waals surface area contributed by atoms with Gasteiger partial charge in [-0.05, 0) is 44.8 Å². The first-order chi connectivity index (χ1) is 10.3. The molecule has 0 spiro atoms. The first kappa shape index (κ1) is 12.6. The first-order valence-corrected chi connectivity index (χ1v) is 7.79. The van der Waals surface area contributed by atoms with Crippen LogP contribution in [0.2, 0.25) is 0 Å². The van der Waals surface area contributed by atoms with Crippen LogP contribution < -0.4 is 0 Å². The van der Waals surface area contributed by atoms with Crippen LogP contribution in [-0.4, -0.2) is 0 Å². The summed E-state index contributed by atoms with van der Waals surface area (Å²) >= 11 is 3.64. The minimum atomic E-state index is 1.14. The van der Waals surface area contributed by atoms with E-state index in [1.165, 1.54) is 32.7 Å². The fourth-order valence-corrected chi connectivity index (χ4v) is 3.38. The molecule has 4 aromatic carbocycles. The van der Waals surface area contributed by atoms with E-state index in [1.807, 2.05) is 0 Å². The maximum Gasteiger partial charge on any atom is 0.0253 e. The molecule has 0 fully saturated rings. The number of hydrogen-bond acceptors (Lipinski definition) is 0. The molecule has 0 N–H and O–H groups in total. The molecule has 0 aliphatic heterocycles. The summed E-state index contributed by atoms with van der Waals surface area (Å²) < 4.78 is 1.14. The van der Waals surface area contributed by atoms with Crippen LogP contribution in [0.5, 0.6) is 0 Å². The van der Waals surface area contributed by atoms with Crippen LogP contribution in [0.1, 0.15) is 0 Å². The average Bonchev–Trinajstić information content (AvgIpc) is 2.54. The largest absolute Gasteiger partial charge is 0.0616 e. The van der Waals surface area contributed by atoms with Gasteiger partial charge in [0, 0.05) is 4.47 Å². The third kappa shape index (κ3) is 2.14. The third-order valence-corrected chi connectivity index (χ3v) is 4.62. The van der Waals surface area contributed by atoms with E-state index in [9.17, 15) is 0 Å². The van der Waals surface area contributed by atoms with Crippen molar-refractivity contribution >= 4 is 37.5 Å². The van der Waals surface area contributed by atoms with Gasteiger partial charge in [-0.3, -0.25) is 0 Å². The van der Waals surface area contributed by atoms with E-state index in [-0.39, 0.29) is 0 Å². The first-order valence-electron chi connectivity index (χ1n) is 6.99. The van der Waals surface area contributed by atoms with Gasteiger partial charge in [-0.25, -0.2) is 0 Å². The molecule has 0 heterocycles. The van der Waals surface area contributed by atoms with Gasteiger partial charge in [0.05, 0.1) is 0 Å². The molecule has 0 atom stereocenters. The predicted molar refractivity (Wildman–Crippen MR) is 94.6 cm³/mol. The average molecular weight is 333 g/mol. The van der Waals surface area contributed by atoms with E-state index in [1.54, 1.807) is 0 Å². The van der Waals surface area contributed by atoms with E-state index in [2.05, 4.69) is 94.8 Å². The summed E-state index contributed by atoms with van der Waals surface area (Å²) in [5.74, 6) is 0. The highest BCUT2D eigenvalue weighted by molar-refractivity contribution is 9.10. The van der Waals surface area contributed by atoms with Crippen LogP contribution in [0.15, 0.2) is 83.3 Å². The lowest BCUT2D eigenvalue weighted by molar-refractivity contribution is 1.66. The summed E-state index contributed by atoms with van der Waals surface area (Å²) in [6.45, 7) is 0. The van der Waals surface area contributed by atoms with Crippen molar-refractivity contribution < 1.29 is 0 Å². The minimum Gasteiger partial charge on any atom is -0.0616 e. The van der Waals surface area contributed by atoms with E-state index in [0.29, 0.717) is 0 Å². The third-order valence-electron chi connectivity index (χ3n) is 3.93. The van der Waals surface area contributed by atoms with Crippen molar-refractivity contribution in [1.29, 1.82) is 0 Å². The smallest absolute Gasteiger partial charge is 0.0253 e. The Hall–Kier alpha value is -2.12. The summed E-state index contributed by atoms with van der Waals surface area (Å²) in [5, 5.41) is 5.09. The van der Waals surface area contributed by atoms with Gasteiger partial charge in [0.15, 0.2) is 0 Å². The fourth-order valence-electron chi connectivity index (χ4n) is 2.88. The quantitative estimate of drug-likeness (QED) is 0.377. The van der Waals surface area contributed by atoms with Crippen LogP contribution in [-0.2, 0) is 0 Å². The standard InChI is InChI=1S/C20H13Br/c21-20-10-4-8-18-17(7-3-9-19(18)20)16-12-11-14-5-1-2-6-15(14)13-16/h1-13H. The molecule has 0 aliphatic carbocycles. The molecule has 1 heteroatoms. The van der Waals surface area contributed by atoms with Gasteiger partial charge in [-0.1, -0.05) is 82.7 Å². The number of hydrogen-bond donors (Lipinski definition) is 0. The van der Waals surface area contributed by atoms with Gasteiger partial charge in [0.25, 0.3) is 0 Å².